The van der Waals surface area contributed by atoms with E-state index < -0.39 is 5.60 Å². The molecule has 4 rings (SSSR count). The Morgan fingerprint density at radius 1 is 0.919 bits per heavy atom. The smallest absolute Gasteiger partial charge is 0.410 e. The number of rotatable bonds is 5. The van der Waals surface area contributed by atoms with Crippen LogP contribution in [0.3, 0.4) is 0 Å². The Hall–Kier alpha value is -3.61. The summed E-state index contributed by atoms with van der Waals surface area (Å²) in [6.07, 6.45) is -0.310. The lowest BCUT2D eigenvalue weighted by atomic mass is 10.0. The van der Waals surface area contributed by atoms with Gasteiger partial charge in [-0.25, -0.2) is 9.48 Å². The normalized spacial score (nSPS) is 14.2. The fourth-order valence-electron chi connectivity index (χ4n) is 4.64. The van der Waals surface area contributed by atoms with Crippen LogP contribution in [-0.4, -0.2) is 52.6 Å². The number of anilines is 1. The Morgan fingerprint density at radius 2 is 1.49 bits per heavy atom. The summed E-state index contributed by atoms with van der Waals surface area (Å²) in [5, 5.41) is 4.82. The highest BCUT2D eigenvalue weighted by atomic mass is 16.6. The SMILES string of the molecule is Cc1c(-c2ccc(-c3ccccc3)cc2)nn(CC(C)C)c(=O)c1N1CCN(C(=O)OC(C)(C)C)CC1. The third-order valence-corrected chi connectivity index (χ3v) is 6.42. The molecule has 1 amide bonds. The molecule has 0 spiro atoms. The quantitative estimate of drug-likeness (QED) is 0.454. The van der Waals surface area contributed by atoms with Gasteiger partial charge in [-0.1, -0.05) is 68.4 Å². The average Bonchev–Trinajstić information content (AvgIpc) is 2.86. The van der Waals surface area contributed by atoms with Crippen LogP contribution in [0, 0.1) is 12.8 Å². The first-order valence-corrected chi connectivity index (χ1v) is 13.0. The van der Waals surface area contributed by atoms with Crippen molar-refractivity contribution in [3.8, 4) is 22.4 Å². The van der Waals surface area contributed by atoms with Gasteiger partial charge in [-0.05, 0) is 44.7 Å². The van der Waals surface area contributed by atoms with Crippen molar-refractivity contribution in [2.24, 2.45) is 5.92 Å². The first-order chi connectivity index (χ1) is 17.5. The summed E-state index contributed by atoms with van der Waals surface area (Å²) < 4.78 is 7.14. The van der Waals surface area contributed by atoms with E-state index in [4.69, 9.17) is 9.84 Å². The maximum absolute atomic E-state index is 13.6. The molecule has 2 aromatic carbocycles. The second kappa shape index (κ2) is 10.8. The molecular weight excluding hydrogens is 464 g/mol. The van der Waals surface area contributed by atoms with Gasteiger partial charge in [0.2, 0.25) is 0 Å². The molecule has 1 aliphatic rings. The predicted molar refractivity (Wildman–Crippen MR) is 149 cm³/mol. The summed E-state index contributed by atoms with van der Waals surface area (Å²) >= 11 is 0. The molecule has 1 aliphatic heterocycles. The fourth-order valence-corrected chi connectivity index (χ4v) is 4.64. The highest BCUT2D eigenvalue weighted by Crippen LogP contribution is 2.29. The molecule has 7 heteroatoms. The Bertz CT molecular complexity index is 1280. The molecule has 0 saturated carbocycles. The molecule has 0 unspecified atom stereocenters. The van der Waals surface area contributed by atoms with Crippen molar-refractivity contribution in [2.75, 3.05) is 31.1 Å². The van der Waals surface area contributed by atoms with E-state index in [9.17, 15) is 9.59 Å². The zero-order chi connectivity index (χ0) is 26.7. The van der Waals surface area contributed by atoms with E-state index in [1.54, 1.807) is 9.58 Å². The average molecular weight is 503 g/mol. The Kier molecular flexibility index (Phi) is 7.71. The van der Waals surface area contributed by atoms with Crippen molar-refractivity contribution in [2.45, 2.75) is 53.7 Å². The Morgan fingerprint density at radius 3 is 2.05 bits per heavy atom. The Labute approximate surface area is 219 Å². The number of hydrogen-bond donors (Lipinski definition) is 0. The predicted octanol–water partition coefficient (Wildman–Crippen LogP) is 5.60. The van der Waals surface area contributed by atoms with Crippen molar-refractivity contribution in [1.82, 2.24) is 14.7 Å². The molecule has 196 valence electrons. The fraction of sp³-hybridized carbons (Fsp3) is 0.433. The first kappa shape index (κ1) is 26.5. The molecule has 0 bridgehead atoms. The number of amides is 1. The van der Waals surface area contributed by atoms with Gasteiger partial charge in [0.15, 0.2) is 0 Å². The van der Waals surface area contributed by atoms with E-state index in [0.717, 1.165) is 27.9 Å². The molecule has 37 heavy (non-hydrogen) atoms. The Balaban J connectivity index is 1.65. The van der Waals surface area contributed by atoms with Crippen molar-refractivity contribution >= 4 is 11.8 Å². The minimum atomic E-state index is -0.536. The molecule has 0 aliphatic carbocycles. The standard InChI is InChI=1S/C30H38N4O3/c1-21(2)20-34-28(35)27(32-16-18-33(19-17-32)29(36)37-30(4,5)6)22(3)26(31-34)25-14-12-24(13-15-25)23-10-8-7-9-11-23/h7-15,21H,16-20H2,1-6H3. The third-order valence-electron chi connectivity index (χ3n) is 6.42. The molecule has 0 N–H and O–H groups in total. The van der Waals surface area contributed by atoms with Gasteiger partial charge in [-0.3, -0.25) is 4.79 Å². The van der Waals surface area contributed by atoms with Crippen molar-refractivity contribution < 1.29 is 9.53 Å². The maximum Gasteiger partial charge on any atom is 0.410 e. The van der Waals surface area contributed by atoms with Crippen LogP contribution in [0.25, 0.3) is 22.4 Å². The zero-order valence-electron chi connectivity index (χ0n) is 22.8. The molecule has 0 radical (unpaired) electrons. The van der Waals surface area contributed by atoms with Crippen molar-refractivity contribution in [3.63, 3.8) is 0 Å². The molecule has 7 nitrogen and oxygen atoms in total. The van der Waals surface area contributed by atoms with Gasteiger partial charge < -0.3 is 14.5 Å². The van der Waals surface area contributed by atoms with E-state index in [1.165, 1.54) is 0 Å². The first-order valence-electron chi connectivity index (χ1n) is 13.0. The monoisotopic (exact) mass is 502 g/mol. The molecule has 2 heterocycles. The number of piperazine rings is 1. The highest BCUT2D eigenvalue weighted by Gasteiger charge is 2.29. The summed E-state index contributed by atoms with van der Waals surface area (Å²) in [5.74, 6) is 0.276. The number of carbonyl (C=O) groups excluding carboxylic acids is 1. The highest BCUT2D eigenvalue weighted by molar-refractivity contribution is 5.74. The van der Waals surface area contributed by atoms with Gasteiger partial charge in [-0.2, -0.15) is 5.10 Å². The molecule has 3 aromatic rings. The minimum absolute atomic E-state index is 0.0819. The summed E-state index contributed by atoms with van der Waals surface area (Å²) in [6.45, 7) is 14.4. The largest absolute Gasteiger partial charge is 0.444 e. The van der Waals surface area contributed by atoms with Crippen LogP contribution in [0.15, 0.2) is 59.4 Å². The summed E-state index contributed by atoms with van der Waals surface area (Å²) in [7, 11) is 0. The van der Waals surface area contributed by atoms with Crippen molar-refractivity contribution in [1.29, 1.82) is 0 Å². The van der Waals surface area contributed by atoms with Gasteiger partial charge in [0, 0.05) is 43.9 Å². The molecule has 1 saturated heterocycles. The van der Waals surface area contributed by atoms with E-state index in [2.05, 4.69) is 55.1 Å². The van der Waals surface area contributed by atoms with Gasteiger partial charge in [0.25, 0.3) is 5.56 Å². The molecule has 0 atom stereocenters. The number of hydrogen-bond acceptors (Lipinski definition) is 5. The van der Waals surface area contributed by atoms with Crippen LogP contribution in [0.4, 0.5) is 10.5 Å². The van der Waals surface area contributed by atoms with Crippen LogP contribution in [0.1, 0.15) is 40.2 Å². The molecule has 1 fully saturated rings. The summed E-state index contributed by atoms with van der Waals surface area (Å²) in [4.78, 5) is 30.0. The lowest BCUT2D eigenvalue weighted by Crippen LogP contribution is -2.51. The third kappa shape index (κ3) is 6.21. The van der Waals surface area contributed by atoms with Gasteiger partial charge in [-0.15, -0.1) is 0 Å². The van der Waals surface area contributed by atoms with Crippen molar-refractivity contribution in [3.05, 3.63) is 70.5 Å². The van der Waals surface area contributed by atoms with Gasteiger partial charge >= 0.3 is 6.09 Å². The van der Waals surface area contributed by atoms with E-state index in [1.807, 2.05) is 45.9 Å². The maximum atomic E-state index is 13.6. The van der Waals surface area contributed by atoms with Gasteiger partial charge in [0.1, 0.15) is 11.3 Å². The summed E-state index contributed by atoms with van der Waals surface area (Å²) in [6, 6.07) is 18.6. The molecule has 1 aromatic heterocycles. The number of carbonyl (C=O) groups is 1. The number of nitrogens with zero attached hydrogens (tertiary/aromatic N) is 4. The van der Waals surface area contributed by atoms with Gasteiger partial charge in [0.05, 0.1) is 5.69 Å². The second-order valence-corrected chi connectivity index (χ2v) is 11.1. The lowest BCUT2D eigenvalue weighted by Gasteiger charge is -2.37. The second-order valence-electron chi connectivity index (χ2n) is 11.1. The molecular formula is C30H38N4O3. The topological polar surface area (TPSA) is 67.7 Å². The number of benzene rings is 2. The van der Waals surface area contributed by atoms with Crippen LogP contribution in [0.5, 0.6) is 0 Å². The number of aromatic nitrogens is 2. The van der Waals surface area contributed by atoms with Crippen LogP contribution >= 0.6 is 0 Å². The van der Waals surface area contributed by atoms with Crippen LogP contribution < -0.4 is 10.5 Å². The van der Waals surface area contributed by atoms with Crippen LogP contribution in [-0.2, 0) is 11.3 Å². The lowest BCUT2D eigenvalue weighted by molar-refractivity contribution is 0.0240. The van der Waals surface area contributed by atoms with Crippen LogP contribution in [0.2, 0.25) is 0 Å². The minimum Gasteiger partial charge on any atom is -0.444 e. The zero-order valence-corrected chi connectivity index (χ0v) is 22.8. The summed E-state index contributed by atoms with van der Waals surface area (Å²) in [5.41, 5.74) is 4.99. The van der Waals surface area contributed by atoms with E-state index >= 15 is 0 Å². The van der Waals surface area contributed by atoms with E-state index in [-0.39, 0.29) is 17.6 Å². The number of ether oxygens (including phenoxy) is 1. The van der Waals surface area contributed by atoms with E-state index in [0.29, 0.717) is 38.4 Å².